The first kappa shape index (κ1) is 49.8. The van der Waals surface area contributed by atoms with Gasteiger partial charge in [-0.05, 0) is 87.9 Å². The molecule has 3 aliphatic rings. The van der Waals surface area contributed by atoms with Crippen LogP contribution in [0.4, 0.5) is 0 Å². The number of ether oxygens (including phenoxy) is 1. The standard InChI is InChI=1S/C27H48O.C11H19NO.C2H6.CH4O.H3N.H2O/c1-27(2,3)22-10-15-25-20-18-24(19-21-25)14-7-9-17-26(28)16-8-6-13-23-11-4-5-12-23;1-4-12-10(3)9(2)7-13-8-11-5-6-11;2*1-2;;/h7,9,23-25H,4-6,8,10-22H2,1-3H3;7,11-12H,3-6,8H2,1-2H3;1-2H3;2H,1H3;1H3;1H2/b9-7-;9-7+;;;;. The lowest BCUT2D eigenvalue weighted by Gasteiger charge is -2.28. The van der Waals surface area contributed by atoms with Crippen LogP contribution in [-0.4, -0.2) is 36.6 Å². The van der Waals surface area contributed by atoms with Crippen molar-refractivity contribution in [2.75, 3.05) is 20.3 Å². The Morgan fingerprint density at radius 1 is 0.851 bits per heavy atom. The van der Waals surface area contributed by atoms with Gasteiger partial charge in [-0.2, -0.15) is 0 Å². The molecule has 3 aliphatic carbocycles. The van der Waals surface area contributed by atoms with E-state index < -0.39 is 0 Å². The molecule has 6 heteroatoms. The molecule has 0 heterocycles. The average molecular weight is 667 g/mol. The SMILES string of the molecule is C=C(NCC)/C(C)=C/OCC1CC1.CC.CC(C)(C)CCCC1CCC(C/C=C\CC(=O)CCCCC2CCCC2)CC1.CO.N.O. The first-order valence-electron chi connectivity index (χ1n) is 19.0. The number of hydrogen-bond donors (Lipinski definition) is 3. The van der Waals surface area contributed by atoms with E-state index >= 15 is 0 Å². The van der Waals surface area contributed by atoms with E-state index in [1.807, 2.05) is 27.0 Å². The smallest absolute Gasteiger partial charge is 0.136 e. The van der Waals surface area contributed by atoms with Gasteiger partial charge in [0.25, 0.3) is 0 Å². The van der Waals surface area contributed by atoms with Crippen LogP contribution in [0.1, 0.15) is 170 Å². The molecule has 0 amide bonds. The van der Waals surface area contributed by atoms with Gasteiger partial charge in [-0.1, -0.05) is 118 Å². The fourth-order valence-corrected chi connectivity index (χ4v) is 6.35. The number of ketones is 1. The van der Waals surface area contributed by atoms with E-state index in [1.165, 1.54) is 103 Å². The summed E-state index contributed by atoms with van der Waals surface area (Å²) in [6, 6.07) is 0. The van der Waals surface area contributed by atoms with Crippen molar-refractivity contribution >= 4 is 5.78 Å². The number of rotatable bonds is 18. The number of hydrogen-bond acceptors (Lipinski definition) is 5. The highest BCUT2D eigenvalue weighted by atomic mass is 16.5. The average Bonchev–Trinajstić information content (AvgIpc) is 3.71. The van der Waals surface area contributed by atoms with Crippen LogP contribution in [0.15, 0.2) is 36.3 Å². The second kappa shape index (κ2) is 31.6. The van der Waals surface area contributed by atoms with Gasteiger partial charge < -0.3 is 26.8 Å². The van der Waals surface area contributed by atoms with E-state index in [0.29, 0.717) is 17.6 Å². The lowest BCUT2D eigenvalue weighted by molar-refractivity contribution is -0.118. The highest BCUT2D eigenvalue weighted by Crippen LogP contribution is 2.35. The molecule has 0 bridgehead atoms. The molecule has 3 rings (SSSR count). The first-order chi connectivity index (χ1) is 21.7. The summed E-state index contributed by atoms with van der Waals surface area (Å²) in [5.41, 5.74) is 2.54. The Labute approximate surface area is 293 Å². The Balaban J connectivity index is -0.000000859. The number of Topliss-reactive ketones (excluding diaryl/α,β-unsaturated/α-hetero) is 1. The Morgan fingerprint density at radius 3 is 1.94 bits per heavy atom. The summed E-state index contributed by atoms with van der Waals surface area (Å²) in [5.74, 6) is 4.09. The van der Waals surface area contributed by atoms with Crippen molar-refractivity contribution < 1.29 is 20.1 Å². The molecule has 280 valence electrons. The van der Waals surface area contributed by atoms with E-state index in [4.69, 9.17) is 9.84 Å². The van der Waals surface area contributed by atoms with Crippen LogP contribution in [0, 0.1) is 29.1 Å². The fourth-order valence-electron chi connectivity index (χ4n) is 6.35. The Kier molecular flexibility index (Phi) is 33.5. The summed E-state index contributed by atoms with van der Waals surface area (Å²) in [7, 11) is 1.00. The van der Waals surface area contributed by atoms with Crippen molar-refractivity contribution in [1.82, 2.24) is 11.5 Å². The number of aliphatic hydroxyl groups is 1. The van der Waals surface area contributed by atoms with Gasteiger partial charge in [-0.3, -0.25) is 4.79 Å². The molecule has 0 aromatic rings. The van der Waals surface area contributed by atoms with Gasteiger partial charge >= 0.3 is 0 Å². The molecule has 0 aromatic heterocycles. The molecular formula is C41H82N2O4. The molecular weight excluding hydrogens is 584 g/mol. The molecule has 0 radical (unpaired) electrons. The van der Waals surface area contributed by atoms with E-state index in [9.17, 15) is 4.79 Å². The number of likely N-dealkylation sites (N-methyl/N-ethyl adjacent to an activating group) is 1. The Hall–Kier alpha value is -1.63. The third kappa shape index (κ3) is 29.0. The molecule has 3 fully saturated rings. The van der Waals surface area contributed by atoms with Crippen LogP contribution in [0.2, 0.25) is 0 Å². The molecule has 0 saturated heterocycles. The van der Waals surface area contributed by atoms with Crippen LogP contribution in [0.5, 0.6) is 0 Å². The van der Waals surface area contributed by atoms with Crippen LogP contribution in [0.3, 0.4) is 0 Å². The number of unbranched alkanes of at least 4 members (excludes halogenated alkanes) is 1. The van der Waals surface area contributed by atoms with Gasteiger partial charge in [0.2, 0.25) is 0 Å². The number of carbonyl (C=O) groups is 1. The zero-order valence-electron chi connectivity index (χ0n) is 32.6. The lowest BCUT2D eigenvalue weighted by Crippen LogP contribution is -2.15. The second-order valence-corrected chi connectivity index (χ2v) is 14.8. The Morgan fingerprint density at radius 2 is 1.38 bits per heavy atom. The third-order valence-electron chi connectivity index (χ3n) is 9.43. The van der Waals surface area contributed by atoms with Gasteiger partial charge in [0, 0.05) is 37.8 Å². The van der Waals surface area contributed by atoms with E-state index in [1.54, 1.807) is 0 Å². The normalized spacial score (nSPS) is 19.4. The Bertz CT molecular complexity index is 784. The highest BCUT2D eigenvalue weighted by Gasteiger charge is 2.22. The second-order valence-electron chi connectivity index (χ2n) is 14.8. The van der Waals surface area contributed by atoms with Crippen molar-refractivity contribution in [2.45, 2.75) is 170 Å². The zero-order chi connectivity index (χ0) is 33.9. The lowest BCUT2D eigenvalue weighted by atomic mass is 9.77. The summed E-state index contributed by atoms with van der Waals surface area (Å²) in [6.45, 7) is 20.8. The number of aliphatic hydroxyl groups excluding tert-OH is 1. The van der Waals surface area contributed by atoms with Crippen LogP contribution < -0.4 is 11.5 Å². The molecule has 6 nitrogen and oxygen atoms in total. The van der Waals surface area contributed by atoms with E-state index in [2.05, 4.69) is 51.7 Å². The van der Waals surface area contributed by atoms with Crippen molar-refractivity contribution in [2.24, 2.45) is 29.1 Å². The maximum Gasteiger partial charge on any atom is 0.136 e. The van der Waals surface area contributed by atoms with Crippen molar-refractivity contribution in [3.05, 3.63) is 36.3 Å². The summed E-state index contributed by atoms with van der Waals surface area (Å²) >= 11 is 0. The van der Waals surface area contributed by atoms with Gasteiger partial charge in [-0.15, -0.1) is 0 Å². The minimum atomic E-state index is 0. The number of carbonyl (C=O) groups excluding carboxylic acids is 1. The van der Waals surface area contributed by atoms with E-state index in [-0.39, 0.29) is 11.6 Å². The predicted octanol–water partition coefficient (Wildman–Crippen LogP) is 11.1. The van der Waals surface area contributed by atoms with Gasteiger partial charge in [0.15, 0.2) is 0 Å². The van der Waals surface area contributed by atoms with Crippen molar-refractivity contribution in [3.63, 3.8) is 0 Å². The van der Waals surface area contributed by atoms with Gasteiger partial charge in [-0.25, -0.2) is 0 Å². The highest BCUT2D eigenvalue weighted by molar-refractivity contribution is 5.79. The van der Waals surface area contributed by atoms with E-state index in [0.717, 1.165) is 68.0 Å². The quantitative estimate of drug-likeness (QED) is 0.0581. The molecule has 0 atom stereocenters. The molecule has 47 heavy (non-hydrogen) atoms. The number of nitrogens with one attached hydrogen (secondary N) is 1. The third-order valence-corrected chi connectivity index (χ3v) is 9.43. The largest absolute Gasteiger partial charge is 0.501 e. The zero-order valence-corrected chi connectivity index (χ0v) is 32.6. The van der Waals surface area contributed by atoms with Crippen molar-refractivity contribution in [1.29, 1.82) is 0 Å². The monoisotopic (exact) mass is 667 g/mol. The molecule has 0 unspecified atom stereocenters. The first-order valence-corrected chi connectivity index (χ1v) is 19.0. The van der Waals surface area contributed by atoms with Crippen LogP contribution >= 0.6 is 0 Å². The maximum atomic E-state index is 12.1. The summed E-state index contributed by atoms with van der Waals surface area (Å²) < 4.78 is 5.42. The summed E-state index contributed by atoms with van der Waals surface area (Å²) in [6.07, 6.45) is 31.0. The van der Waals surface area contributed by atoms with Crippen molar-refractivity contribution in [3.8, 4) is 0 Å². The van der Waals surface area contributed by atoms with Gasteiger partial charge in [0.05, 0.1) is 12.9 Å². The molecule has 0 aromatic carbocycles. The fraction of sp³-hybridized carbons (Fsp3) is 0.829. The summed E-state index contributed by atoms with van der Waals surface area (Å²) in [4.78, 5) is 12.1. The predicted molar refractivity (Wildman–Crippen MR) is 206 cm³/mol. The molecule has 0 aliphatic heterocycles. The molecule has 3 saturated carbocycles. The molecule has 0 spiro atoms. The topological polar surface area (TPSA) is 125 Å². The van der Waals surface area contributed by atoms with Gasteiger partial charge in [0.1, 0.15) is 5.78 Å². The maximum absolute atomic E-state index is 12.1. The molecule has 7 N–H and O–H groups in total. The minimum Gasteiger partial charge on any atom is -0.501 e. The summed E-state index contributed by atoms with van der Waals surface area (Å²) in [5, 5.41) is 10.2. The van der Waals surface area contributed by atoms with Crippen LogP contribution in [-0.2, 0) is 9.53 Å². The van der Waals surface area contributed by atoms with Crippen LogP contribution in [0.25, 0.3) is 0 Å². The minimum absolute atomic E-state index is 0. The number of allylic oxidation sites excluding steroid dienone is 3.